The van der Waals surface area contributed by atoms with Crippen molar-refractivity contribution in [2.45, 2.75) is 26.4 Å². The number of aromatic amines is 1. The number of nitrogens with one attached hydrogen (secondary N) is 2. The number of aromatic nitrogens is 2. The molecule has 0 saturated heterocycles. The van der Waals surface area contributed by atoms with E-state index < -0.39 is 35.6 Å². The van der Waals surface area contributed by atoms with Crippen molar-refractivity contribution >= 4 is 12.0 Å². The van der Waals surface area contributed by atoms with Gasteiger partial charge >= 0.3 is 11.8 Å². The van der Waals surface area contributed by atoms with Crippen LogP contribution in [0.25, 0.3) is 0 Å². The highest BCUT2D eigenvalue weighted by molar-refractivity contribution is 5.83. The third-order valence-corrected chi connectivity index (χ3v) is 2.67. The number of rotatable bonds is 6. The predicted octanol–water partition coefficient (Wildman–Crippen LogP) is -0.185. The molecular formula is C12H16FN3O6. The van der Waals surface area contributed by atoms with Gasteiger partial charge in [-0.2, -0.15) is 4.39 Å². The van der Waals surface area contributed by atoms with Crippen LogP contribution in [0, 0.1) is 5.82 Å². The molecule has 2 N–H and O–H groups in total. The number of carbonyl (C=O) groups is 2. The van der Waals surface area contributed by atoms with Gasteiger partial charge in [0.05, 0.1) is 12.3 Å². The Labute approximate surface area is 124 Å². The second kappa shape index (κ2) is 8.08. The molecule has 1 amide bonds. The van der Waals surface area contributed by atoms with Crippen LogP contribution in [-0.2, 0) is 9.47 Å². The van der Waals surface area contributed by atoms with E-state index >= 15 is 0 Å². The Morgan fingerprint density at radius 3 is 2.77 bits per heavy atom. The van der Waals surface area contributed by atoms with Gasteiger partial charge in [-0.1, -0.05) is 6.92 Å². The molecule has 0 spiro atoms. The summed E-state index contributed by atoms with van der Waals surface area (Å²) in [6, 6.07) is 0. The molecule has 1 rings (SSSR count). The zero-order valence-corrected chi connectivity index (χ0v) is 12.1. The van der Waals surface area contributed by atoms with Gasteiger partial charge in [0.15, 0.2) is 6.79 Å². The van der Waals surface area contributed by atoms with Crippen molar-refractivity contribution in [3.8, 4) is 0 Å². The Hall–Kier alpha value is -2.49. The monoisotopic (exact) mass is 317 g/mol. The fraction of sp³-hybridized carbons (Fsp3) is 0.500. The summed E-state index contributed by atoms with van der Waals surface area (Å²) >= 11 is 0. The average Bonchev–Trinajstić information content (AvgIpc) is 2.48. The van der Waals surface area contributed by atoms with E-state index in [1.54, 1.807) is 11.9 Å². The number of amides is 1. The molecule has 0 saturated carbocycles. The summed E-state index contributed by atoms with van der Waals surface area (Å²) in [5.41, 5.74) is -2.34. The zero-order chi connectivity index (χ0) is 16.7. The van der Waals surface area contributed by atoms with Gasteiger partial charge in [-0.25, -0.2) is 14.2 Å². The first-order valence-electron chi connectivity index (χ1n) is 6.42. The Morgan fingerprint density at radius 2 is 2.14 bits per heavy atom. The van der Waals surface area contributed by atoms with Crippen molar-refractivity contribution in [3.05, 3.63) is 32.9 Å². The third kappa shape index (κ3) is 5.13. The molecule has 1 atom stereocenters. The fourth-order valence-electron chi connectivity index (χ4n) is 1.24. The van der Waals surface area contributed by atoms with Crippen molar-refractivity contribution in [2.24, 2.45) is 0 Å². The number of hydrogen-bond donors (Lipinski definition) is 2. The Balaban J connectivity index is 2.50. The van der Waals surface area contributed by atoms with Crippen LogP contribution in [0.5, 0.6) is 0 Å². The van der Waals surface area contributed by atoms with Crippen molar-refractivity contribution < 1.29 is 23.5 Å². The maximum atomic E-state index is 13.0. The third-order valence-electron chi connectivity index (χ3n) is 2.67. The maximum Gasteiger partial charge on any atom is 0.409 e. The summed E-state index contributed by atoms with van der Waals surface area (Å²) in [5, 5.41) is 2.07. The van der Waals surface area contributed by atoms with Gasteiger partial charge < -0.3 is 14.8 Å². The van der Waals surface area contributed by atoms with Crippen LogP contribution >= 0.6 is 0 Å². The summed E-state index contributed by atoms with van der Waals surface area (Å²) < 4.78 is 23.1. The second-order valence-corrected chi connectivity index (χ2v) is 4.29. The molecule has 22 heavy (non-hydrogen) atoms. The van der Waals surface area contributed by atoms with E-state index in [9.17, 15) is 23.6 Å². The van der Waals surface area contributed by atoms with Gasteiger partial charge in [-0.15, -0.1) is 0 Å². The van der Waals surface area contributed by atoms with Gasteiger partial charge in [-0.05, 0) is 13.3 Å². The van der Waals surface area contributed by atoms with E-state index in [2.05, 4.69) is 10.1 Å². The lowest BCUT2D eigenvalue weighted by molar-refractivity contribution is -0.0509. The Bertz CT molecular complexity index is 653. The molecule has 0 aromatic carbocycles. The summed E-state index contributed by atoms with van der Waals surface area (Å²) in [5.74, 6) is -2.24. The molecule has 0 aliphatic carbocycles. The van der Waals surface area contributed by atoms with E-state index in [4.69, 9.17) is 4.74 Å². The lowest BCUT2D eigenvalue weighted by Crippen LogP contribution is -2.40. The van der Waals surface area contributed by atoms with Crippen LogP contribution in [0.15, 0.2) is 15.8 Å². The highest BCUT2D eigenvalue weighted by Gasteiger charge is 2.13. The predicted molar refractivity (Wildman–Crippen MR) is 72.1 cm³/mol. The van der Waals surface area contributed by atoms with Crippen LogP contribution in [-0.4, -0.2) is 41.0 Å². The first-order chi connectivity index (χ1) is 10.3. The van der Waals surface area contributed by atoms with E-state index in [1.807, 2.05) is 6.92 Å². The molecule has 122 valence electrons. The first kappa shape index (κ1) is 17.6. The van der Waals surface area contributed by atoms with Crippen LogP contribution in [0.1, 0.15) is 25.1 Å². The van der Waals surface area contributed by atoms with Gasteiger partial charge in [0, 0.05) is 0 Å². The van der Waals surface area contributed by atoms with E-state index in [0.29, 0.717) is 10.8 Å². The van der Waals surface area contributed by atoms with Gasteiger partial charge in [0.2, 0.25) is 5.82 Å². The number of halogens is 1. The number of nitrogens with zero attached hydrogens (tertiary/aromatic N) is 1. The molecule has 0 fully saturated rings. The summed E-state index contributed by atoms with van der Waals surface area (Å²) in [6.07, 6.45) is 0.166. The van der Waals surface area contributed by atoms with Crippen LogP contribution in [0.3, 0.4) is 0 Å². The van der Waals surface area contributed by atoms with Gasteiger partial charge in [0.25, 0.3) is 11.5 Å². The molecule has 1 aromatic heterocycles. The van der Waals surface area contributed by atoms with Gasteiger partial charge in [0.1, 0.15) is 6.54 Å². The van der Waals surface area contributed by atoms with Crippen LogP contribution in [0.2, 0.25) is 0 Å². The normalized spacial score (nSPS) is 11.8. The van der Waals surface area contributed by atoms with Crippen LogP contribution < -0.4 is 16.6 Å². The summed E-state index contributed by atoms with van der Waals surface area (Å²) in [7, 11) is 0. The van der Waals surface area contributed by atoms with Crippen molar-refractivity contribution in [1.29, 1.82) is 0 Å². The topological polar surface area (TPSA) is 119 Å². The Morgan fingerprint density at radius 1 is 1.45 bits per heavy atom. The summed E-state index contributed by atoms with van der Waals surface area (Å²) in [4.78, 5) is 46.7. The maximum absolute atomic E-state index is 13.0. The lowest BCUT2D eigenvalue weighted by atomic mass is 10.3. The fourth-order valence-corrected chi connectivity index (χ4v) is 1.24. The number of carbonyl (C=O) groups excluding carboxylic acids is 2. The van der Waals surface area contributed by atoms with E-state index in [-0.39, 0.29) is 12.9 Å². The minimum atomic E-state index is -1.29. The van der Waals surface area contributed by atoms with Crippen molar-refractivity contribution in [2.75, 3.05) is 13.3 Å². The van der Waals surface area contributed by atoms with Crippen molar-refractivity contribution in [1.82, 2.24) is 14.9 Å². The average molecular weight is 317 g/mol. The molecule has 10 heteroatoms. The summed E-state index contributed by atoms with van der Waals surface area (Å²) in [6.45, 7) is 2.78. The quantitative estimate of drug-likeness (QED) is 0.702. The first-order valence-corrected chi connectivity index (χ1v) is 6.42. The van der Waals surface area contributed by atoms with E-state index in [0.717, 1.165) is 6.42 Å². The van der Waals surface area contributed by atoms with Crippen LogP contribution in [0.4, 0.5) is 9.18 Å². The smallest absolute Gasteiger partial charge is 0.409 e. The number of alkyl carbamates (subject to hydrolysis) is 1. The lowest BCUT2D eigenvalue weighted by Gasteiger charge is -2.11. The highest BCUT2D eigenvalue weighted by Crippen LogP contribution is 1.95. The molecule has 9 nitrogen and oxygen atoms in total. The molecule has 1 heterocycles. The van der Waals surface area contributed by atoms with Crippen molar-refractivity contribution in [3.63, 3.8) is 0 Å². The standard InChI is InChI=1S/C12H16FN3O6/c1-3-7(2)21-6-22-12(20)14-4-9(17)16-5-8(13)10(18)15-11(16)19/h5,7H,3-4,6H2,1-2H3,(H,14,20)(H,15,18,19). The largest absolute Gasteiger partial charge is 0.422 e. The Kier molecular flexibility index (Phi) is 6.45. The second-order valence-electron chi connectivity index (χ2n) is 4.29. The molecular weight excluding hydrogens is 301 g/mol. The molecule has 0 bridgehead atoms. The molecule has 0 radical (unpaired) electrons. The highest BCUT2D eigenvalue weighted by atomic mass is 19.1. The number of hydrogen-bond acceptors (Lipinski definition) is 6. The minimum Gasteiger partial charge on any atom is -0.422 e. The number of ether oxygens (including phenoxy) is 2. The number of H-pyrrole nitrogens is 1. The van der Waals surface area contributed by atoms with E-state index in [1.165, 1.54) is 0 Å². The molecule has 0 aliphatic heterocycles. The van der Waals surface area contributed by atoms with Gasteiger partial charge in [-0.3, -0.25) is 14.6 Å². The SMILES string of the molecule is CCC(C)OCOC(=O)NCC(=O)n1cc(F)c(=O)[nH]c1=O. The molecule has 1 unspecified atom stereocenters. The minimum absolute atomic E-state index is 0.0860. The molecule has 1 aromatic rings. The zero-order valence-electron chi connectivity index (χ0n) is 12.1. The molecule has 0 aliphatic rings.